The van der Waals surface area contributed by atoms with Crippen molar-refractivity contribution in [3.63, 3.8) is 0 Å². The van der Waals surface area contributed by atoms with Crippen molar-refractivity contribution in [1.82, 2.24) is 14.2 Å². The molecule has 1 atom stereocenters. The number of benzene rings is 2. The van der Waals surface area contributed by atoms with Gasteiger partial charge in [0.1, 0.15) is 11.3 Å². The van der Waals surface area contributed by atoms with Gasteiger partial charge >= 0.3 is 0 Å². The Bertz CT molecular complexity index is 1220. The van der Waals surface area contributed by atoms with Gasteiger partial charge < -0.3 is 9.32 Å². The van der Waals surface area contributed by atoms with Gasteiger partial charge in [-0.2, -0.15) is 4.31 Å². The number of oxazole rings is 1. The zero-order chi connectivity index (χ0) is 23.0. The summed E-state index contributed by atoms with van der Waals surface area (Å²) in [7, 11) is -3.76. The smallest absolute Gasteiger partial charge is 0.243 e. The van der Waals surface area contributed by atoms with Crippen LogP contribution in [0.2, 0.25) is 0 Å². The van der Waals surface area contributed by atoms with Crippen molar-refractivity contribution in [2.24, 2.45) is 5.92 Å². The molecule has 1 unspecified atom stereocenters. The van der Waals surface area contributed by atoms with Crippen LogP contribution >= 0.6 is 0 Å². The molecule has 33 heavy (non-hydrogen) atoms. The second-order valence-electron chi connectivity index (χ2n) is 8.78. The molecule has 3 aromatic rings. The number of aromatic nitrogens is 1. The Morgan fingerprint density at radius 2 is 1.73 bits per heavy atom. The molecule has 0 radical (unpaired) electrons. The highest BCUT2D eigenvalue weighted by molar-refractivity contribution is 7.89. The summed E-state index contributed by atoms with van der Waals surface area (Å²) in [4.78, 5) is 19.7. The van der Waals surface area contributed by atoms with Crippen LogP contribution in [0.1, 0.15) is 37.5 Å². The Morgan fingerprint density at radius 1 is 1.00 bits per heavy atom. The summed E-state index contributed by atoms with van der Waals surface area (Å²) in [5.41, 5.74) is 1.62. The summed E-state index contributed by atoms with van der Waals surface area (Å²) in [6.45, 7) is 1.72. The number of likely N-dealkylation sites (tertiary alicyclic amines) is 1. The molecule has 0 bridgehead atoms. The summed E-state index contributed by atoms with van der Waals surface area (Å²) in [5.74, 6) is 0.0439. The number of fused-ring (bicyclic) bond motifs is 1. The first-order valence-corrected chi connectivity index (χ1v) is 12.8. The van der Waals surface area contributed by atoms with Gasteiger partial charge in [-0.3, -0.25) is 4.79 Å². The zero-order valence-electron chi connectivity index (χ0n) is 18.2. The van der Waals surface area contributed by atoms with Crippen molar-refractivity contribution in [2.45, 2.75) is 36.5 Å². The second-order valence-corrected chi connectivity index (χ2v) is 10.7. The van der Waals surface area contributed by atoms with Gasteiger partial charge in [-0.05, 0) is 62.1 Å². The van der Waals surface area contributed by atoms with E-state index in [4.69, 9.17) is 4.42 Å². The van der Waals surface area contributed by atoms with Gasteiger partial charge in [0.05, 0.1) is 10.8 Å². The molecule has 0 spiro atoms. The van der Waals surface area contributed by atoms with Gasteiger partial charge in [0, 0.05) is 32.1 Å². The van der Waals surface area contributed by atoms with E-state index in [9.17, 15) is 17.6 Å². The van der Waals surface area contributed by atoms with Gasteiger partial charge in [0.15, 0.2) is 11.5 Å². The van der Waals surface area contributed by atoms with Crippen LogP contribution < -0.4 is 0 Å². The lowest BCUT2D eigenvalue weighted by Crippen LogP contribution is -2.48. The summed E-state index contributed by atoms with van der Waals surface area (Å²) in [6.07, 6.45) is 2.82. The van der Waals surface area contributed by atoms with E-state index in [-0.39, 0.29) is 29.2 Å². The fraction of sp³-hybridized carbons (Fsp3) is 0.417. The molecule has 2 aliphatic heterocycles. The molecule has 5 rings (SSSR count). The third kappa shape index (κ3) is 4.39. The minimum absolute atomic E-state index is 0.00465. The fourth-order valence-electron chi connectivity index (χ4n) is 4.79. The Morgan fingerprint density at radius 3 is 2.45 bits per heavy atom. The summed E-state index contributed by atoms with van der Waals surface area (Å²) in [5, 5.41) is 0. The standard InChI is InChI=1S/C24H26FN3O4S/c25-19-7-9-20(10-8-19)33(30,31)28-13-3-4-18(16-28)24(29)27-14-11-17(12-15-27)23-26-21-5-1-2-6-22(21)32-23/h1-2,5-10,17-18H,3-4,11-16H2. The summed E-state index contributed by atoms with van der Waals surface area (Å²) in [6, 6.07) is 12.5. The lowest BCUT2D eigenvalue weighted by molar-refractivity contribution is -0.137. The zero-order valence-corrected chi connectivity index (χ0v) is 19.0. The predicted molar refractivity (Wildman–Crippen MR) is 120 cm³/mol. The van der Waals surface area contributed by atoms with E-state index in [1.165, 1.54) is 16.4 Å². The average Bonchev–Trinajstić information content (AvgIpc) is 3.28. The number of hydrogen-bond acceptors (Lipinski definition) is 5. The first-order chi connectivity index (χ1) is 15.9. The minimum Gasteiger partial charge on any atom is -0.440 e. The molecule has 1 amide bonds. The fourth-order valence-corrected chi connectivity index (χ4v) is 6.31. The third-order valence-corrected chi connectivity index (χ3v) is 8.53. The molecule has 2 aromatic carbocycles. The van der Waals surface area contributed by atoms with E-state index in [0.717, 1.165) is 42.0 Å². The number of sulfonamides is 1. The maximum atomic E-state index is 13.2. The van der Waals surface area contributed by atoms with Gasteiger partial charge in [0.2, 0.25) is 15.9 Å². The third-order valence-electron chi connectivity index (χ3n) is 6.65. The maximum Gasteiger partial charge on any atom is 0.243 e. The van der Waals surface area contributed by atoms with Crippen LogP contribution in [0.15, 0.2) is 57.8 Å². The van der Waals surface area contributed by atoms with Crippen LogP contribution in [0.5, 0.6) is 0 Å². The molecule has 3 heterocycles. The molecular formula is C24H26FN3O4S. The van der Waals surface area contributed by atoms with E-state index >= 15 is 0 Å². The van der Waals surface area contributed by atoms with Gasteiger partial charge in [-0.25, -0.2) is 17.8 Å². The number of amides is 1. The quantitative estimate of drug-likeness (QED) is 0.578. The number of carbonyl (C=O) groups is 1. The highest BCUT2D eigenvalue weighted by Crippen LogP contribution is 2.32. The highest BCUT2D eigenvalue weighted by Gasteiger charge is 2.36. The SMILES string of the molecule is O=C(C1CCCN(S(=O)(=O)c2ccc(F)cc2)C1)N1CCC(c2nc3ccccc3o2)CC1. The van der Waals surface area contributed by atoms with Crippen LogP contribution in [-0.4, -0.2) is 54.7 Å². The molecule has 174 valence electrons. The number of nitrogens with zero attached hydrogens (tertiary/aromatic N) is 3. The molecule has 2 aliphatic rings. The van der Waals surface area contributed by atoms with Crippen molar-refractivity contribution in [1.29, 1.82) is 0 Å². The van der Waals surface area contributed by atoms with Crippen molar-refractivity contribution in [3.8, 4) is 0 Å². The number of halogens is 1. The van der Waals surface area contributed by atoms with E-state index in [0.29, 0.717) is 32.5 Å². The van der Waals surface area contributed by atoms with Crippen LogP contribution in [0.25, 0.3) is 11.1 Å². The van der Waals surface area contributed by atoms with E-state index in [2.05, 4.69) is 4.98 Å². The Balaban J connectivity index is 1.22. The first-order valence-electron chi connectivity index (χ1n) is 11.3. The number of hydrogen-bond donors (Lipinski definition) is 0. The Kier molecular flexibility index (Phi) is 5.92. The monoisotopic (exact) mass is 471 g/mol. The molecule has 2 fully saturated rings. The van der Waals surface area contributed by atoms with Crippen molar-refractivity contribution < 1.29 is 22.0 Å². The molecule has 0 N–H and O–H groups in total. The topological polar surface area (TPSA) is 83.7 Å². The van der Waals surface area contributed by atoms with E-state index in [1.807, 2.05) is 29.2 Å². The highest BCUT2D eigenvalue weighted by atomic mass is 32.2. The van der Waals surface area contributed by atoms with Gasteiger partial charge in [-0.1, -0.05) is 12.1 Å². The first kappa shape index (κ1) is 22.0. The lowest BCUT2D eigenvalue weighted by atomic mass is 9.93. The van der Waals surface area contributed by atoms with Crippen LogP contribution in [-0.2, 0) is 14.8 Å². The maximum absolute atomic E-state index is 13.2. The summed E-state index contributed by atoms with van der Waals surface area (Å²) < 4.78 is 46.4. The van der Waals surface area contributed by atoms with Crippen LogP contribution in [0, 0.1) is 11.7 Å². The second kappa shape index (κ2) is 8.87. The Hall–Kier alpha value is -2.78. The number of para-hydroxylation sites is 2. The lowest BCUT2D eigenvalue weighted by Gasteiger charge is -2.37. The van der Waals surface area contributed by atoms with Crippen molar-refractivity contribution in [3.05, 3.63) is 60.2 Å². The molecule has 0 aliphatic carbocycles. The van der Waals surface area contributed by atoms with Crippen LogP contribution in [0.3, 0.4) is 0 Å². The largest absolute Gasteiger partial charge is 0.440 e. The number of carbonyl (C=O) groups excluding carboxylic acids is 1. The number of piperidine rings is 2. The molecule has 0 saturated carbocycles. The molecule has 2 saturated heterocycles. The average molecular weight is 472 g/mol. The molecule has 7 nitrogen and oxygen atoms in total. The molecular weight excluding hydrogens is 445 g/mol. The van der Waals surface area contributed by atoms with E-state index in [1.54, 1.807) is 0 Å². The van der Waals surface area contributed by atoms with Gasteiger partial charge in [-0.15, -0.1) is 0 Å². The normalized spacial score (nSPS) is 20.9. The molecule has 9 heteroatoms. The molecule has 1 aromatic heterocycles. The predicted octanol–water partition coefficient (Wildman–Crippen LogP) is 3.77. The minimum atomic E-state index is -3.76. The van der Waals surface area contributed by atoms with E-state index < -0.39 is 15.8 Å². The Labute approximate surface area is 192 Å². The van der Waals surface area contributed by atoms with Crippen molar-refractivity contribution in [2.75, 3.05) is 26.2 Å². The van der Waals surface area contributed by atoms with Crippen LogP contribution in [0.4, 0.5) is 4.39 Å². The van der Waals surface area contributed by atoms with Crippen molar-refractivity contribution >= 4 is 27.0 Å². The summed E-state index contributed by atoms with van der Waals surface area (Å²) >= 11 is 0. The number of rotatable bonds is 4. The van der Waals surface area contributed by atoms with Gasteiger partial charge in [0.25, 0.3) is 0 Å².